The van der Waals surface area contributed by atoms with Crippen molar-refractivity contribution in [1.29, 1.82) is 0 Å². The average molecular weight is 267 g/mol. The van der Waals surface area contributed by atoms with E-state index in [9.17, 15) is 0 Å². The highest BCUT2D eigenvalue weighted by atomic mass is 16.5. The molecule has 0 saturated carbocycles. The van der Waals surface area contributed by atoms with Crippen molar-refractivity contribution in [3.05, 3.63) is 18.0 Å². The number of methoxy groups -OCH3 is 1. The lowest BCUT2D eigenvalue weighted by Crippen LogP contribution is -2.33. The SMILES string of the molecule is CCn1cc(C2OCCCC2CNCCOC)cn1. The van der Waals surface area contributed by atoms with Gasteiger partial charge in [-0.05, 0) is 19.8 Å². The Labute approximate surface area is 115 Å². The van der Waals surface area contributed by atoms with Gasteiger partial charge in [0.15, 0.2) is 0 Å². The van der Waals surface area contributed by atoms with Gasteiger partial charge in [-0.1, -0.05) is 0 Å². The zero-order chi connectivity index (χ0) is 13.5. The number of rotatable bonds is 7. The third kappa shape index (κ3) is 4.03. The molecule has 0 aromatic carbocycles. The van der Waals surface area contributed by atoms with Gasteiger partial charge in [-0.3, -0.25) is 4.68 Å². The molecule has 0 amide bonds. The minimum absolute atomic E-state index is 0.184. The van der Waals surface area contributed by atoms with Crippen molar-refractivity contribution in [2.75, 3.05) is 33.4 Å². The Hall–Kier alpha value is -0.910. The van der Waals surface area contributed by atoms with Gasteiger partial charge in [0, 0.05) is 51.0 Å². The predicted octanol–water partition coefficient (Wildman–Crippen LogP) is 1.61. The average Bonchev–Trinajstić information content (AvgIpc) is 2.93. The fourth-order valence-electron chi connectivity index (χ4n) is 2.58. The van der Waals surface area contributed by atoms with Crippen LogP contribution in [0.25, 0.3) is 0 Å². The second-order valence-electron chi connectivity index (χ2n) is 5.02. The molecule has 1 N–H and O–H groups in total. The van der Waals surface area contributed by atoms with E-state index >= 15 is 0 Å². The highest BCUT2D eigenvalue weighted by Crippen LogP contribution is 2.32. The van der Waals surface area contributed by atoms with Crippen molar-refractivity contribution >= 4 is 0 Å². The summed E-state index contributed by atoms with van der Waals surface area (Å²) in [6.07, 6.45) is 6.60. The lowest BCUT2D eigenvalue weighted by atomic mass is 9.91. The zero-order valence-electron chi connectivity index (χ0n) is 12.0. The quantitative estimate of drug-likeness (QED) is 0.762. The molecule has 1 aliphatic rings. The fourth-order valence-corrected chi connectivity index (χ4v) is 2.58. The molecule has 2 unspecified atom stereocenters. The molecule has 1 fully saturated rings. The Morgan fingerprint density at radius 2 is 2.47 bits per heavy atom. The van der Waals surface area contributed by atoms with Crippen LogP contribution in [0.1, 0.15) is 31.4 Å². The molecule has 1 aromatic heterocycles. The summed E-state index contributed by atoms with van der Waals surface area (Å²) in [7, 11) is 1.73. The maximum atomic E-state index is 5.97. The normalized spacial score (nSPS) is 23.7. The predicted molar refractivity (Wildman–Crippen MR) is 74.1 cm³/mol. The van der Waals surface area contributed by atoms with Crippen molar-refractivity contribution < 1.29 is 9.47 Å². The molecule has 0 radical (unpaired) electrons. The zero-order valence-corrected chi connectivity index (χ0v) is 12.0. The molecule has 2 rings (SSSR count). The van der Waals surface area contributed by atoms with Crippen LogP contribution in [0.2, 0.25) is 0 Å². The summed E-state index contributed by atoms with van der Waals surface area (Å²) in [6, 6.07) is 0. The Morgan fingerprint density at radius 3 is 3.21 bits per heavy atom. The summed E-state index contributed by atoms with van der Waals surface area (Å²) in [5, 5.41) is 7.79. The molecule has 108 valence electrons. The fraction of sp³-hybridized carbons (Fsp3) is 0.786. The van der Waals surface area contributed by atoms with Gasteiger partial charge in [0.05, 0.1) is 18.9 Å². The molecule has 2 heterocycles. The van der Waals surface area contributed by atoms with Crippen LogP contribution in [0.5, 0.6) is 0 Å². The highest BCUT2D eigenvalue weighted by Gasteiger charge is 2.28. The number of hydrogen-bond donors (Lipinski definition) is 1. The van der Waals surface area contributed by atoms with Gasteiger partial charge in [-0.2, -0.15) is 5.10 Å². The smallest absolute Gasteiger partial charge is 0.0895 e. The third-order valence-corrected chi connectivity index (χ3v) is 3.64. The molecule has 0 bridgehead atoms. The van der Waals surface area contributed by atoms with Crippen LogP contribution < -0.4 is 5.32 Å². The number of aryl methyl sites for hydroxylation is 1. The summed E-state index contributed by atoms with van der Waals surface area (Å²) in [5.74, 6) is 0.528. The first-order chi connectivity index (χ1) is 9.35. The first kappa shape index (κ1) is 14.5. The summed E-state index contributed by atoms with van der Waals surface area (Å²) in [4.78, 5) is 0. The van der Waals surface area contributed by atoms with Crippen LogP contribution in [-0.4, -0.2) is 43.2 Å². The van der Waals surface area contributed by atoms with Crippen molar-refractivity contribution in [2.24, 2.45) is 5.92 Å². The van der Waals surface area contributed by atoms with Crippen LogP contribution in [-0.2, 0) is 16.0 Å². The van der Waals surface area contributed by atoms with E-state index < -0.39 is 0 Å². The molecule has 19 heavy (non-hydrogen) atoms. The molecule has 1 saturated heterocycles. The first-order valence-corrected chi connectivity index (χ1v) is 7.18. The van der Waals surface area contributed by atoms with E-state index in [1.807, 2.05) is 10.9 Å². The third-order valence-electron chi connectivity index (χ3n) is 3.64. The first-order valence-electron chi connectivity index (χ1n) is 7.18. The van der Waals surface area contributed by atoms with E-state index in [0.29, 0.717) is 5.92 Å². The minimum atomic E-state index is 0.184. The van der Waals surface area contributed by atoms with Crippen molar-refractivity contribution in [2.45, 2.75) is 32.4 Å². The molecule has 0 aliphatic carbocycles. The molecular formula is C14H25N3O2. The summed E-state index contributed by atoms with van der Waals surface area (Å²) in [6.45, 7) is 6.49. The van der Waals surface area contributed by atoms with E-state index in [1.54, 1.807) is 7.11 Å². The van der Waals surface area contributed by atoms with Crippen molar-refractivity contribution in [1.82, 2.24) is 15.1 Å². The summed E-state index contributed by atoms with van der Waals surface area (Å²) >= 11 is 0. The Kier molecular flexibility index (Phi) is 5.82. The molecule has 1 aromatic rings. The van der Waals surface area contributed by atoms with Crippen LogP contribution >= 0.6 is 0 Å². The summed E-state index contributed by atoms with van der Waals surface area (Å²) in [5.41, 5.74) is 1.21. The lowest BCUT2D eigenvalue weighted by Gasteiger charge is -2.31. The largest absolute Gasteiger partial charge is 0.383 e. The molecular weight excluding hydrogens is 242 g/mol. The Bertz CT molecular complexity index is 367. The highest BCUT2D eigenvalue weighted by molar-refractivity contribution is 5.10. The van der Waals surface area contributed by atoms with E-state index in [4.69, 9.17) is 9.47 Å². The van der Waals surface area contributed by atoms with Gasteiger partial charge < -0.3 is 14.8 Å². The Morgan fingerprint density at radius 1 is 1.58 bits per heavy atom. The Balaban J connectivity index is 1.91. The second-order valence-corrected chi connectivity index (χ2v) is 5.02. The number of ether oxygens (including phenoxy) is 2. The van der Waals surface area contributed by atoms with Gasteiger partial charge in [0.25, 0.3) is 0 Å². The molecule has 2 atom stereocenters. The van der Waals surface area contributed by atoms with Crippen molar-refractivity contribution in [3.63, 3.8) is 0 Å². The van der Waals surface area contributed by atoms with E-state index in [2.05, 4.69) is 23.5 Å². The monoisotopic (exact) mass is 267 g/mol. The molecule has 5 nitrogen and oxygen atoms in total. The van der Waals surface area contributed by atoms with Gasteiger partial charge in [-0.25, -0.2) is 0 Å². The minimum Gasteiger partial charge on any atom is -0.383 e. The maximum absolute atomic E-state index is 5.97. The van der Waals surface area contributed by atoms with Crippen LogP contribution in [0, 0.1) is 5.92 Å². The number of hydrogen-bond acceptors (Lipinski definition) is 4. The van der Waals surface area contributed by atoms with Crippen molar-refractivity contribution in [3.8, 4) is 0 Å². The standard InChI is InChI=1S/C14H25N3O2/c1-3-17-11-13(10-16-17)14-12(5-4-7-19-14)9-15-6-8-18-2/h10-12,14-15H,3-9H2,1-2H3. The number of nitrogens with zero attached hydrogens (tertiary/aromatic N) is 2. The van der Waals surface area contributed by atoms with Crippen LogP contribution in [0.15, 0.2) is 12.4 Å². The van der Waals surface area contributed by atoms with E-state index in [-0.39, 0.29) is 6.10 Å². The summed E-state index contributed by atoms with van der Waals surface area (Å²) < 4.78 is 13.0. The van der Waals surface area contributed by atoms with Crippen LogP contribution in [0.4, 0.5) is 0 Å². The van der Waals surface area contributed by atoms with Crippen LogP contribution in [0.3, 0.4) is 0 Å². The van der Waals surface area contributed by atoms with Gasteiger partial charge in [-0.15, -0.1) is 0 Å². The molecule has 1 aliphatic heterocycles. The lowest BCUT2D eigenvalue weighted by molar-refractivity contribution is -0.0280. The second kappa shape index (κ2) is 7.62. The maximum Gasteiger partial charge on any atom is 0.0895 e. The number of aromatic nitrogens is 2. The van der Waals surface area contributed by atoms with Gasteiger partial charge in [0.2, 0.25) is 0 Å². The van der Waals surface area contributed by atoms with Gasteiger partial charge in [0.1, 0.15) is 0 Å². The van der Waals surface area contributed by atoms with E-state index in [0.717, 1.165) is 39.3 Å². The van der Waals surface area contributed by atoms with E-state index in [1.165, 1.54) is 12.0 Å². The molecule has 5 heteroatoms. The number of nitrogens with one attached hydrogen (secondary N) is 1. The molecule has 0 spiro atoms. The van der Waals surface area contributed by atoms with Gasteiger partial charge >= 0.3 is 0 Å². The topological polar surface area (TPSA) is 48.3 Å².